The van der Waals surface area contributed by atoms with Crippen LogP contribution in [0.1, 0.15) is 25.5 Å². The minimum Gasteiger partial charge on any atom is -0.394 e. The molecule has 0 aliphatic carbocycles. The summed E-state index contributed by atoms with van der Waals surface area (Å²) in [6.07, 6.45) is 0. The predicted molar refractivity (Wildman–Crippen MR) is 59.2 cm³/mol. The van der Waals surface area contributed by atoms with E-state index >= 15 is 0 Å². The van der Waals surface area contributed by atoms with Crippen molar-refractivity contribution in [3.05, 3.63) is 35.9 Å². The van der Waals surface area contributed by atoms with Crippen LogP contribution in [-0.4, -0.2) is 17.6 Å². The lowest BCUT2D eigenvalue weighted by atomic mass is 10.1. The first kappa shape index (κ1) is 11.7. The fourth-order valence-corrected chi connectivity index (χ4v) is 1.26. The van der Waals surface area contributed by atoms with Gasteiger partial charge < -0.3 is 10.4 Å². The van der Waals surface area contributed by atoms with Gasteiger partial charge in [-0.1, -0.05) is 44.2 Å². The summed E-state index contributed by atoms with van der Waals surface area (Å²) in [5.74, 6) is -0.110. The minimum absolute atomic E-state index is 0.0436. The van der Waals surface area contributed by atoms with Crippen LogP contribution in [0.25, 0.3) is 0 Å². The fraction of sp³-hybridized carbons (Fsp3) is 0.417. The summed E-state index contributed by atoms with van der Waals surface area (Å²) in [7, 11) is 0. The van der Waals surface area contributed by atoms with Crippen LogP contribution < -0.4 is 5.32 Å². The quantitative estimate of drug-likeness (QED) is 0.786. The summed E-state index contributed by atoms with van der Waals surface area (Å²) < 4.78 is 0. The van der Waals surface area contributed by atoms with Gasteiger partial charge >= 0.3 is 0 Å². The maximum absolute atomic E-state index is 11.5. The molecular weight excluding hydrogens is 190 g/mol. The number of amides is 1. The molecule has 1 aromatic rings. The molecule has 1 aromatic carbocycles. The van der Waals surface area contributed by atoms with Gasteiger partial charge in [0.05, 0.1) is 12.6 Å². The van der Waals surface area contributed by atoms with Crippen molar-refractivity contribution in [1.29, 1.82) is 0 Å². The Morgan fingerprint density at radius 2 is 1.93 bits per heavy atom. The minimum atomic E-state index is -0.305. The Hall–Kier alpha value is -1.35. The summed E-state index contributed by atoms with van der Waals surface area (Å²) >= 11 is 0. The van der Waals surface area contributed by atoms with Gasteiger partial charge in [0.2, 0.25) is 5.91 Å². The van der Waals surface area contributed by atoms with Crippen molar-refractivity contribution in [2.24, 2.45) is 5.92 Å². The van der Waals surface area contributed by atoms with Gasteiger partial charge in [-0.2, -0.15) is 0 Å². The van der Waals surface area contributed by atoms with Crippen LogP contribution in [0.4, 0.5) is 0 Å². The van der Waals surface area contributed by atoms with E-state index in [2.05, 4.69) is 5.32 Å². The summed E-state index contributed by atoms with van der Waals surface area (Å²) in [5.41, 5.74) is 0.925. The molecule has 82 valence electrons. The lowest BCUT2D eigenvalue weighted by Crippen LogP contribution is -2.33. The van der Waals surface area contributed by atoms with Crippen molar-refractivity contribution >= 4 is 5.91 Å². The van der Waals surface area contributed by atoms with Crippen molar-refractivity contribution in [3.63, 3.8) is 0 Å². The van der Waals surface area contributed by atoms with Crippen molar-refractivity contribution in [2.45, 2.75) is 19.9 Å². The summed E-state index contributed by atoms with van der Waals surface area (Å²) in [4.78, 5) is 11.5. The van der Waals surface area contributed by atoms with Gasteiger partial charge in [0.25, 0.3) is 0 Å². The van der Waals surface area contributed by atoms with Gasteiger partial charge in [-0.05, 0) is 5.56 Å². The zero-order chi connectivity index (χ0) is 11.3. The van der Waals surface area contributed by atoms with Crippen molar-refractivity contribution in [1.82, 2.24) is 5.32 Å². The predicted octanol–water partition coefficient (Wildman–Crippen LogP) is 1.49. The Morgan fingerprint density at radius 1 is 1.33 bits per heavy atom. The molecule has 0 bridgehead atoms. The van der Waals surface area contributed by atoms with Crippen LogP contribution in [0.2, 0.25) is 0 Å². The van der Waals surface area contributed by atoms with Crippen LogP contribution in [0.15, 0.2) is 30.3 Å². The van der Waals surface area contributed by atoms with Crippen molar-refractivity contribution < 1.29 is 9.90 Å². The first-order chi connectivity index (χ1) is 7.15. The number of rotatable bonds is 4. The molecule has 3 heteroatoms. The normalized spacial score (nSPS) is 12.5. The summed E-state index contributed by atoms with van der Waals surface area (Å²) in [5, 5.41) is 12.0. The molecular formula is C12H17NO2. The Kier molecular flexibility index (Phi) is 4.31. The second-order valence-electron chi connectivity index (χ2n) is 3.81. The average Bonchev–Trinajstić information content (AvgIpc) is 2.26. The van der Waals surface area contributed by atoms with Gasteiger partial charge in [0.15, 0.2) is 0 Å². The van der Waals surface area contributed by atoms with Crippen LogP contribution in [-0.2, 0) is 4.79 Å². The van der Waals surface area contributed by atoms with Gasteiger partial charge in [-0.15, -0.1) is 0 Å². The van der Waals surface area contributed by atoms with Gasteiger partial charge in [-0.3, -0.25) is 4.79 Å². The standard InChI is InChI=1S/C12H17NO2/c1-9(2)12(15)13-11(8-14)10-6-4-3-5-7-10/h3-7,9,11,14H,8H2,1-2H3,(H,13,15)/t11-/m0/s1. The van der Waals surface area contributed by atoms with E-state index in [1.54, 1.807) is 0 Å². The number of aliphatic hydroxyl groups is 1. The molecule has 0 fully saturated rings. The molecule has 3 nitrogen and oxygen atoms in total. The van der Waals surface area contributed by atoms with E-state index in [1.807, 2.05) is 44.2 Å². The molecule has 2 N–H and O–H groups in total. The maximum atomic E-state index is 11.5. The summed E-state index contributed by atoms with van der Waals surface area (Å²) in [6.45, 7) is 3.58. The topological polar surface area (TPSA) is 49.3 Å². The Morgan fingerprint density at radius 3 is 2.40 bits per heavy atom. The maximum Gasteiger partial charge on any atom is 0.223 e. The third-order valence-corrected chi connectivity index (χ3v) is 2.23. The van der Waals surface area contributed by atoms with E-state index in [1.165, 1.54) is 0 Å². The highest BCUT2D eigenvalue weighted by Crippen LogP contribution is 2.12. The van der Waals surface area contributed by atoms with Gasteiger partial charge in [-0.25, -0.2) is 0 Å². The zero-order valence-electron chi connectivity index (χ0n) is 9.10. The molecule has 1 amide bonds. The average molecular weight is 207 g/mol. The van der Waals surface area contributed by atoms with E-state index in [4.69, 9.17) is 0 Å². The third-order valence-electron chi connectivity index (χ3n) is 2.23. The van der Waals surface area contributed by atoms with Gasteiger partial charge in [0.1, 0.15) is 0 Å². The highest BCUT2D eigenvalue weighted by molar-refractivity contribution is 5.78. The monoisotopic (exact) mass is 207 g/mol. The molecule has 15 heavy (non-hydrogen) atoms. The smallest absolute Gasteiger partial charge is 0.223 e. The molecule has 0 aliphatic rings. The molecule has 1 rings (SSSR count). The fourth-order valence-electron chi connectivity index (χ4n) is 1.26. The van der Waals surface area contributed by atoms with Gasteiger partial charge in [0, 0.05) is 5.92 Å². The molecule has 0 radical (unpaired) electrons. The third kappa shape index (κ3) is 3.36. The Bertz CT molecular complexity index is 309. The lowest BCUT2D eigenvalue weighted by Gasteiger charge is -2.17. The molecule has 0 aromatic heterocycles. The summed E-state index contributed by atoms with van der Waals surface area (Å²) in [6, 6.07) is 9.16. The van der Waals surface area contributed by atoms with E-state index in [-0.39, 0.29) is 24.5 Å². The van der Waals surface area contributed by atoms with E-state index < -0.39 is 0 Å². The molecule has 0 heterocycles. The van der Waals surface area contributed by atoms with Crippen molar-refractivity contribution in [2.75, 3.05) is 6.61 Å². The Labute approximate surface area is 90.1 Å². The number of carbonyl (C=O) groups is 1. The number of nitrogens with one attached hydrogen (secondary N) is 1. The SMILES string of the molecule is CC(C)C(=O)N[C@@H](CO)c1ccccc1. The van der Waals surface area contributed by atoms with Crippen LogP contribution in [0.3, 0.4) is 0 Å². The van der Waals surface area contributed by atoms with Crippen LogP contribution in [0.5, 0.6) is 0 Å². The van der Waals surface area contributed by atoms with Crippen LogP contribution in [0, 0.1) is 5.92 Å². The largest absolute Gasteiger partial charge is 0.394 e. The van der Waals surface area contributed by atoms with E-state index in [0.717, 1.165) is 5.56 Å². The number of hydrogen-bond acceptors (Lipinski definition) is 2. The van der Waals surface area contributed by atoms with Crippen LogP contribution >= 0.6 is 0 Å². The second kappa shape index (κ2) is 5.51. The highest BCUT2D eigenvalue weighted by atomic mass is 16.3. The van der Waals surface area contributed by atoms with E-state index in [0.29, 0.717) is 0 Å². The number of aliphatic hydroxyl groups excluding tert-OH is 1. The van der Waals surface area contributed by atoms with Crippen molar-refractivity contribution in [3.8, 4) is 0 Å². The molecule has 0 unspecified atom stereocenters. The molecule has 0 aliphatic heterocycles. The lowest BCUT2D eigenvalue weighted by molar-refractivity contribution is -0.125. The number of carbonyl (C=O) groups excluding carboxylic acids is 1. The molecule has 1 atom stereocenters. The molecule has 0 saturated carbocycles. The first-order valence-corrected chi connectivity index (χ1v) is 5.11. The number of hydrogen-bond donors (Lipinski definition) is 2. The molecule has 0 saturated heterocycles. The Balaban J connectivity index is 2.69. The van der Waals surface area contributed by atoms with E-state index in [9.17, 15) is 9.90 Å². The molecule has 0 spiro atoms. The number of benzene rings is 1. The second-order valence-corrected chi connectivity index (χ2v) is 3.81. The highest BCUT2D eigenvalue weighted by Gasteiger charge is 2.14. The first-order valence-electron chi connectivity index (χ1n) is 5.11. The zero-order valence-corrected chi connectivity index (χ0v) is 9.10.